The molecule has 0 saturated carbocycles. The van der Waals surface area contributed by atoms with Crippen molar-refractivity contribution in [2.24, 2.45) is 0 Å². The Morgan fingerprint density at radius 1 is 1.16 bits per heavy atom. The summed E-state index contributed by atoms with van der Waals surface area (Å²) in [5.74, 6) is 0.845. The third-order valence-corrected chi connectivity index (χ3v) is 6.64. The smallest absolute Gasteiger partial charge is 0.251 e. The zero-order valence-electron chi connectivity index (χ0n) is 18.8. The Morgan fingerprint density at radius 2 is 2.00 bits per heavy atom. The number of rotatable bonds is 7. The number of nitrogens with one attached hydrogen (secondary N) is 1. The van der Waals surface area contributed by atoms with E-state index < -0.39 is 0 Å². The first kappa shape index (κ1) is 22.4. The fourth-order valence-electron chi connectivity index (χ4n) is 3.39. The van der Waals surface area contributed by atoms with Crippen LogP contribution in [0.3, 0.4) is 0 Å². The molecule has 2 atom stereocenters. The van der Waals surface area contributed by atoms with E-state index in [0.717, 1.165) is 22.7 Å². The predicted octanol–water partition coefficient (Wildman–Crippen LogP) is 4.69. The van der Waals surface area contributed by atoms with Gasteiger partial charge in [0.05, 0.1) is 36.8 Å². The van der Waals surface area contributed by atoms with Crippen molar-refractivity contribution in [3.8, 4) is 16.3 Å². The number of aryl methyl sites for hydroxylation is 1. The summed E-state index contributed by atoms with van der Waals surface area (Å²) in [6, 6.07) is 5.32. The average Bonchev–Trinajstić information content (AvgIpc) is 3.46. The first-order chi connectivity index (χ1) is 15.4. The molecular formula is C24H28N4O3S. The van der Waals surface area contributed by atoms with Crippen molar-refractivity contribution in [3.63, 3.8) is 0 Å². The minimum Gasteiger partial charge on any atom is -0.488 e. The minimum absolute atomic E-state index is 0.00885. The zero-order valence-corrected chi connectivity index (χ0v) is 19.6. The van der Waals surface area contributed by atoms with E-state index in [1.807, 2.05) is 32.2 Å². The molecule has 1 fully saturated rings. The third kappa shape index (κ3) is 5.31. The van der Waals surface area contributed by atoms with Gasteiger partial charge in [-0.2, -0.15) is 0 Å². The summed E-state index contributed by atoms with van der Waals surface area (Å²) in [6.07, 6.45) is 6.12. The second-order valence-corrected chi connectivity index (χ2v) is 9.41. The second kappa shape index (κ2) is 9.75. The molecule has 168 valence electrons. The number of benzene rings is 1. The molecule has 0 bridgehead atoms. The molecule has 32 heavy (non-hydrogen) atoms. The Labute approximate surface area is 192 Å². The Hall–Kier alpha value is -2.84. The fourth-order valence-corrected chi connectivity index (χ4v) is 4.29. The molecule has 1 aromatic carbocycles. The molecule has 7 nitrogen and oxygen atoms in total. The van der Waals surface area contributed by atoms with E-state index in [2.05, 4.69) is 34.1 Å². The SMILES string of the molecule is Cc1cnc(C(C)NC(=O)c2cc(O[C@H]3CCOC3)cc(-c3ncc(C(C)C)s3)c2)cn1. The number of carbonyl (C=O) groups is 1. The van der Waals surface area contributed by atoms with Gasteiger partial charge in [0.2, 0.25) is 0 Å². The first-order valence-corrected chi connectivity index (χ1v) is 11.7. The van der Waals surface area contributed by atoms with Crippen LogP contribution in [-0.4, -0.2) is 40.2 Å². The van der Waals surface area contributed by atoms with Crippen molar-refractivity contribution >= 4 is 17.2 Å². The Morgan fingerprint density at radius 3 is 2.66 bits per heavy atom. The lowest BCUT2D eigenvalue weighted by atomic mass is 10.1. The van der Waals surface area contributed by atoms with E-state index >= 15 is 0 Å². The van der Waals surface area contributed by atoms with Gasteiger partial charge >= 0.3 is 0 Å². The summed E-state index contributed by atoms with van der Waals surface area (Å²) in [4.78, 5) is 27.6. The summed E-state index contributed by atoms with van der Waals surface area (Å²) < 4.78 is 11.6. The molecule has 3 aromatic rings. The first-order valence-electron chi connectivity index (χ1n) is 10.8. The number of nitrogens with zero attached hydrogens (tertiary/aromatic N) is 3. The van der Waals surface area contributed by atoms with Crippen LogP contribution in [0.1, 0.15) is 65.8 Å². The van der Waals surface area contributed by atoms with Crippen molar-refractivity contribution in [1.82, 2.24) is 20.3 Å². The zero-order chi connectivity index (χ0) is 22.7. The topological polar surface area (TPSA) is 86.2 Å². The number of hydrogen-bond acceptors (Lipinski definition) is 7. The highest BCUT2D eigenvalue weighted by Crippen LogP contribution is 2.33. The van der Waals surface area contributed by atoms with Gasteiger partial charge in [0.1, 0.15) is 16.9 Å². The largest absolute Gasteiger partial charge is 0.488 e. The van der Waals surface area contributed by atoms with Crippen LogP contribution < -0.4 is 10.1 Å². The van der Waals surface area contributed by atoms with Crippen LogP contribution in [-0.2, 0) is 4.74 Å². The van der Waals surface area contributed by atoms with Crippen molar-refractivity contribution in [3.05, 3.63) is 58.6 Å². The van der Waals surface area contributed by atoms with Crippen molar-refractivity contribution in [2.45, 2.75) is 52.2 Å². The van der Waals surface area contributed by atoms with E-state index in [1.54, 1.807) is 29.8 Å². The van der Waals surface area contributed by atoms with E-state index in [0.29, 0.717) is 36.1 Å². The second-order valence-electron chi connectivity index (χ2n) is 8.35. The molecular weight excluding hydrogens is 424 g/mol. The molecule has 0 spiro atoms. The summed E-state index contributed by atoms with van der Waals surface area (Å²) in [7, 11) is 0. The van der Waals surface area contributed by atoms with Gasteiger partial charge in [-0.05, 0) is 38.0 Å². The molecule has 3 heterocycles. The number of thiazole rings is 1. The van der Waals surface area contributed by atoms with Crippen molar-refractivity contribution in [2.75, 3.05) is 13.2 Å². The van der Waals surface area contributed by atoms with Crippen LogP contribution in [0.15, 0.2) is 36.8 Å². The molecule has 1 N–H and O–H groups in total. The Kier molecular flexibility index (Phi) is 6.81. The summed E-state index contributed by atoms with van der Waals surface area (Å²) in [5, 5.41) is 3.89. The van der Waals surface area contributed by atoms with Crippen LogP contribution in [0.5, 0.6) is 5.75 Å². The summed E-state index contributed by atoms with van der Waals surface area (Å²) >= 11 is 1.64. The van der Waals surface area contributed by atoms with Gasteiger partial charge in [-0.1, -0.05) is 13.8 Å². The maximum Gasteiger partial charge on any atom is 0.251 e. The third-order valence-electron chi connectivity index (χ3n) is 5.29. The standard InChI is InChI=1S/C24H28N4O3S/c1-14(2)22-12-27-24(32-22)18-7-17(8-20(9-18)31-19-5-6-30-13-19)23(29)28-16(4)21-11-25-15(3)10-26-21/h7-12,14,16,19H,5-6,13H2,1-4H3,(H,28,29)/t16?,19-/m0/s1. The van der Waals surface area contributed by atoms with Crippen LogP contribution in [0, 0.1) is 6.92 Å². The van der Waals surface area contributed by atoms with E-state index in [9.17, 15) is 4.79 Å². The number of amides is 1. The molecule has 8 heteroatoms. The lowest BCUT2D eigenvalue weighted by molar-refractivity contribution is 0.0938. The Balaban J connectivity index is 1.61. The molecule has 1 aliphatic rings. The number of aromatic nitrogens is 3. The molecule has 1 amide bonds. The average molecular weight is 453 g/mol. The van der Waals surface area contributed by atoms with E-state index in [1.165, 1.54) is 4.88 Å². The van der Waals surface area contributed by atoms with Gasteiger partial charge in [-0.25, -0.2) is 4.98 Å². The minimum atomic E-state index is -0.278. The van der Waals surface area contributed by atoms with E-state index in [4.69, 9.17) is 9.47 Å². The molecule has 0 radical (unpaired) electrons. The predicted molar refractivity (Wildman–Crippen MR) is 124 cm³/mol. The maximum absolute atomic E-state index is 13.1. The molecule has 2 aromatic heterocycles. The monoisotopic (exact) mass is 452 g/mol. The van der Waals surface area contributed by atoms with E-state index in [-0.39, 0.29) is 18.1 Å². The molecule has 1 unspecified atom stereocenters. The summed E-state index contributed by atoms with van der Waals surface area (Å²) in [5.41, 5.74) is 2.93. The molecule has 4 rings (SSSR count). The van der Waals surface area contributed by atoms with Crippen LogP contribution in [0.25, 0.3) is 10.6 Å². The number of carbonyl (C=O) groups excluding carboxylic acids is 1. The highest BCUT2D eigenvalue weighted by Gasteiger charge is 2.20. The van der Waals surface area contributed by atoms with Gasteiger partial charge in [0.25, 0.3) is 5.91 Å². The van der Waals surface area contributed by atoms with Crippen LogP contribution >= 0.6 is 11.3 Å². The van der Waals surface area contributed by atoms with Crippen molar-refractivity contribution in [1.29, 1.82) is 0 Å². The fraction of sp³-hybridized carbons (Fsp3) is 0.417. The molecule has 0 aliphatic carbocycles. The highest BCUT2D eigenvalue weighted by molar-refractivity contribution is 7.15. The molecule has 1 aliphatic heterocycles. The van der Waals surface area contributed by atoms with Gasteiger partial charge in [-0.3, -0.25) is 14.8 Å². The number of hydrogen-bond donors (Lipinski definition) is 1. The van der Waals surface area contributed by atoms with Gasteiger partial charge in [-0.15, -0.1) is 11.3 Å². The van der Waals surface area contributed by atoms with Crippen molar-refractivity contribution < 1.29 is 14.3 Å². The molecule has 1 saturated heterocycles. The lowest BCUT2D eigenvalue weighted by Crippen LogP contribution is -2.27. The van der Waals surface area contributed by atoms with Gasteiger partial charge in [0, 0.05) is 34.8 Å². The summed E-state index contributed by atoms with van der Waals surface area (Å²) in [6.45, 7) is 9.31. The quantitative estimate of drug-likeness (QED) is 0.560. The van der Waals surface area contributed by atoms with Crippen LogP contribution in [0.4, 0.5) is 0 Å². The van der Waals surface area contributed by atoms with Gasteiger partial charge in [0.15, 0.2) is 0 Å². The number of ether oxygens (including phenoxy) is 2. The lowest BCUT2D eigenvalue weighted by Gasteiger charge is -2.16. The van der Waals surface area contributed by atoms with Crippen LogP contribution in [0.2, 0.25) is 0 Å². The van der Waals surface area contributed by atoms with Gasteiger partial charge < -0.3 is 14.8 Å². The maximum atomic E-state index is 13.1. The highest BCUT2D eigenvalue weighted by atomic mass is 32.1. The Bertz CT molecular complexity index is 1080. The normalized spacial score (nSPS) is 16.8.